The molecule has 2 rings (SSSR count). The molecule has 1 aliphatic rings. The van der Waals surface area contributed by atoms with Gasteiger partial charge in [-0.1, -0.05) is 44.2 Å². The van der Waals surface area contributed by atoms with Crippen molar-refractivity contribution in [1.29, 1.82) is 0 Å². The minimum absolute atomic E-state index is 0.0361. The third-order valence-corrected chi connectivity index (χ3v) is 4.46. The average molecular weight is 314 g/mol. The Hall–Kier alpha value is -1.56. The zero-order chi connectivity index (χ0) is 16.4. The van der Waals surface area contributed by atoms with Crippen molar-refractivity contribution >= 4 is 5.91 Å². The van der Waals surface area contributed by atoms with Crippen molar-refractivity contribution in [3.05, 3.63) is 35.9 Å². The summed E-state index contributed by atoms with van der Waals surface area (Å²) in [4.78, 5) is 11.4. The topological polar surface area (TPSA) is 41.1 Å². The van der Waals surface area contributed by atoms with Crippen LogP contribution in [0.25, 0.3) is 0 Å². The Bertz CT molecular complexity index is 514. The van der Waals surface area contributed by atoms with E-state index in [4.69, 9.17) is 0 Å². The fourth-order valence-electron chi connectivity index (χ4n) is 3.00. The van der Waals surface area contributed by atoms with Crippen LogP contribution in [0.3, 0.4) is 0 Å². The lowest BCUT2D eigenvalue weighted by molar-refractivity contribution is -0.138. The predicted octanol–water partition coefficient (Wildman–Crippen LogP) is 2.84. The number of halogens is 3. The maximum atomic E-state index is 12.0. The summed E-state index contributed by atoms with van der Waals surface area (Å²) < 4.78 is 36.1. The molecule has 2 N–H and O–H groups in total. The van der Waals surface area contributed by atoms with Gasteiger partial charge < -0.3 is 10.6 Å². The second kappa shape index (κ2) is 6.28. The Morgan fingerprint density at radius 2 is 1.91 bits per heavy atom. The van der Waals surface area contributed by atoms with Crippen LogP contribution in [-0.4, -0.2) is 31.2 Å². The Morgan fingerprint density at radius 3 is 2.45 bits per heavy atom. The SMILES string of the molecule is CC1(C)C(NCC(=O)NCC(F)(F)F)CC1c1ccccc1. The number of benzene rings is 1. The summed E-state index contributed by atoms with van der Waals surface area (Å²) in [6, 6.07) is 10.2. The number of alkyl halides is 3. The molecule has 0 aliphatic heterocycles. The maximum absolute atomic E-state index is 12.0. The number of hydrogen-bond acceptors (Lipinski definition) is 2. The van der Waals surface area contributed by atoms with Gasteiger partial charge in [0, 0.05) is 6.04 Å². The van der Waals surface area contributed by atoms with Crippen molar-refractivity contribution in [1.82, 2.24) is 10.6 Å². The lowest BCUT2D eigenvalue weighted by Gasteiger charge is -2.53. The maximum Gasteiger partial charge on any atom is 0.405 e. The molecule has 0 bridgehead atoms. The van der Waals surface area contributed by atoms with Crippen molar-refractivity contribution < 1.29 is 18.0 Å². The monoisotopic (exact) mass is 314 g/mol. The molecule has 0 saturated heterocycles. The average Bonchev–Trinajstić information content (AvgIpc) is 2.44. The van der Waals surface area contributed by atoms with Crippen LogP contribution in [0.4, 0.5) is 13.2 Å². The third kappa shape index (κ3) is 4.00. The normalized spacial score (nSPS) is 23.7. The van der Waals surface area contributed by atoms with E-state index in [9.17, 15) is 18.0 Å². The van der Waals surface area contributed by atoms with Crippen LogP contribution >= 0.6 is 0 Å². The quantitative estimate of drug-likeness (QED) is 0.877. The highest BCUT2D eigenvalue weighted by Crippen LogP contribution is 2.52. The molecule has 1 amide bonds. The second-order valence-corrected chi connectivity index (χ2v) is 6.35. The molecule has 0 radical (unpaired) electrons. The minimum atomic E-state index is -4.37. The fraction of sp³-hybridized carbons (Fsp3) is 0.562. The van der Waals surface area contributed by atoms with Crippen molar-refractivity contribution in [2.24, 2.45) is 5.41 Å². The molecule has 6 heteroatoms. The summed E-state index contributed by atoms with van der Waals surface area (Å²) in [6.07, 6.45) is -3.49. The molecule has 0 heterocycles. The van der Waals surface area contributed by atoms with Crippen LogP contribution in [-0.2, 0) is 4.79 Å². The molecule has 3 nitrogen and oxygen atoms in total. The molecule has 1 saturated carbocycles. The first-order valence-electron chi connectivity index (χ1n) is 7.32. The van der Waals surface area contributed by atoms with E-state index in [1.54, 1.807) is 0 Å². The van der Waals surface area contributed by atoms with Gasteiger partial charge in [-0.25, -0.2) is 0 Å². The number of amides is 1. The van der Waals surface area contributed by atoms with Gasteiger partial charge in [0.05, 0.1) is 6.54 Å². The van der Waals surface area contributed by atoms with E-state index in [1.165, 1.54) is 5.56 Å². The lowest BCUT2D eigenvalue weighted by Crippen LogP contribution is -2.57. The van der Waals surface area contributed by atoms with Crippen LogP contribution in [0, 0.1) is 5.41 Å². The van der Waals surface area contributed by atoms with Gasteiger partial charge in [0.25, 0.3) is 0 Å². The second-order valence-electron chi connectivity index (χ2n) is 6.35. The van der Waals surface area contributed by atoms with Crippen LogP contribution in [0.5, 0.6) is 0 Å². The molecular formula is C16H21F3N2O. The zero-order valence-electron chi connectivity index (χ0n) is 12.7. The fourth-order valence-corrected chi connectivity index (χ4v) is 3.00. The third-order valence-electron chi connectivity index (χ3n) is 4.46. The first kappa shape index (κ1) is 16.8. The summed E-state index contributed by atoms with van der Waals surface area (Å²) in [5.41, 5.74) is 1.22. The molecule has 22 heavy (non-hydrogen) atoms. The van der Waals surface area contributed by atoms with E-state index in [-0.39, 0.29) is 18.0 Å². The molecule has 0 spiro atoms. The smallest absolute Gasteiger partial charge is 0.346 e. The summed E-state index contributed by atoms with van der Waals surface area (Å²) >= 11 is 0. The summed E-state index contributed by atoms with van der Waals surface area (Å²) in [5.74, 6) is -0.235. The van der Waals surface area contributed by atoms with Gasteiger partial charge in [0.1, 0.15) is 6.54 Å². The molecule has 1 fully saturated rings. The van der Waals surface area contributed by atoms with Crippen molar-refractivity contribution in [3.8, 4) is 0 Å². The molecular weight excluding hydrogens is 293 g/mol. The molecule has 1 aliphatic carbocycles. The van der Waals surface area contributed by atoms with E-state index in [1.807, 2.05) is 23.5 Å². The molecule has 1 aromatic rings. The van der Waals surface area contributed by atoms with E-state index in [2.05, 4.69) is 31.3 Å². The van der Waals surface area contributed by atoms with Crippen molar-refractivity contribution in [3.63, 3.8) is 0 Å². The van der Waals surface area contributed by atoms with Gasteiger partial charge in [-0.3, -0.25) is 4.79 Å². The van der Waals surface area contributed by atoms with Gasteiger partial charge in [0.15, 0.2) is 0 Å². The van der Waals surface area contributed by atoms with Crippen LogP contribution in [0.2, 0.25) is 0 Å². The standard InChI is InChI=1S/C16H21F3N2O/c1-15(2)12(11-6-4-3-5-7-11)8-13(15)20-9-14(22)21-10-16(17,18)19/h3-7,12-13,20H,8-10H2,1-2H3,(H,21,22). The highest BCUT2D eigenvalue weighted by atomic mass is 19.4. The van der Waals surface area contributed by atoms with Gasteiger partial charge >= 0.3 is 6.18 Å². The van der Waals surface area contributed by atoms with E-state index in [0.29, 0.717) is 5.92 Å². The highest BCUT2D eigenvalue weighted by Gasteiger charge is 2.48. The Labute approximate surface area is 128 Å². The number of carbonyl (C=O) groups is 1. The van der Waals surface area contributed by atoms with Gasteiger partial charge in [-0.05, 0) is 23.3 Å². The van der Waals surface area contributed by atoms with Gasteiger partial charge in [0.2, 0.25) is 5.91 Å². The molecule has 122 valence electrons. The largest absolute Gasteiger partial charge is 0.405 e. The molecule has 2 unspecified atom stereocenters. The minimum Gasteiger partial charge on any atom is -0.346 e. The Morgan fingerprint density at radius 1 is 1.27 bits per heavy atom. The highest BCUT2D eigenvalue weighted by molar-refractivity contribution is 5.78. The number of nitrogens with one attached hydrogen (secondary N) is 2. The van der Waals surface area contributed by atoms with Crippen molar-refractivity contribution in [2.75, 3.05) is 13.1 Å². The van der Waals surface area contributed by atoms with Crippen LogP contribution < -0.4 is 10.6 Å². The molecule has 1 aromatic carbocycles. The Balaban J connectivity index is 1.80. The van der Waals surface area contributed by atoms with Gasteiger partial charge in [-0.15, -0.1) is 0 Å². The van der Waals surface area contributed by atoms with E-state index < -0.39 is 18.6 Å². The summed E-state index contributed by atoms with van der Waals surface area (Å²) in [6.45, 7) is 2.85. The van der Waals surface area contributed by atoms with Crippen LogP contribution in [0.15, 0.2) is 30.3 Å². The molecule has 0 aromatic heterocycles. The zero-order valence-corrected chi connectivity index (χ0v) is 12.7. The molecule has 2 atom stereocenters. The first-order chi connectivity index (χ1) is 10.2. The van der Waals surface area contributed by atoms with E-state index in [0.717, 1.165) is 6.42 Å². The number of hydrogen-bond donors (Lipinski definition) is 2. The summed E-state index contributed by atoms with van der Waals surface area (Å²) in [5, 5.41) is 4.94. The van der Waals surface area contributed by atoms with E-state index >= 15 is 0 Å². The predicted molar refractivity (Wildman–Crippen MR) is 78.4 cm³/mol. The lowest BCUT2D eigenvalue weighted by atomic mass is 9.56. The van der Waals surface area contributed by atoms with Crippen LogP contribution in [0.1, 0.15) is 31.7 Å². The number of carbonyl (C=O) groups excluding carboxylic acids is 1. The van der Waals surface area contributed by atoms with Gasteiger partial charge in [-0.2, -0.15) is 13.2 Å². The van der Waals surface area contributed by atoms with Crippen molar-refractivity contribution in [2.45, 2.75) is 38.4 Å². The number of rotatable bonds is 5. The first-order valence-corrected chi connectivity index (χ1v) is 7.32. The summed E-state index contributed by atoms with van der Waals surface area (Å²) in [7, 11) is 0. The Kier molecular flexibility index (Phi) is 4.80.